The van der Waals surface area contributed by atoms with Crippen LogP contribution >= 0.6 is 0 Å². The Morgan fingerprint density at radius 2 is 2.00 bits per heavy atom. The summed E-state index contributed by atoms with van der Waals surface area (Å²) in [6.45, 7) is 6.43. The van der Waals surface area contributed by atoms with Gasteiger partial charge in [0.2, 0.25) is 0 Å². The van der Waals surface area contributed by atoms with Crippen LogP contribution in [0.25, 0.3) is 0 Å². The SMILES string of the molecule is CCCCOCCCN=C(C)N. The van der Waals surface area contributed by atoms with Crippen molar-refractivity contribution in [2.24, 2.45) is 10.7 Å². The fourth-order valence-corrected chi connectivity index (χ4v) is 0.770. The molecule has 0 aliphatic carbocycles. The molecule has 0 aromatic carbocycles. The van der Waals surface area contributed by atoms with E-state index in [0.29, 0.717) is 5.84 Å². The van der Waals surface area contributed by atoms with E-state index in [1.807, 2.05) is 0 Å². The monoisotopic (exact) mass is 172 g/mol. The predicted octanol–water partition coefficient (Wildman–Crippen LogP) is 1.57. The van der Waals surface area contributed by atoms with Gasteiger partial charge in [0.1, 0.15) is 0 Å². The second-order valence-electron chi connectivity index (χ2n) is 2.84. The summed E-state index contributed by atoms with van der Waals surface area (Å²) >= 11 is 0. The summed E-state index contributed by atoms with van der Waals surface area (Å²) in [6, 6.07) is 0. The minimum Gasteiger partial charge on any atom is -0.388 e. The van der Waals surface area contributed by atoms with Gasteiger partial charge in [0, 0.05) is 19.8 Å². The second kappa shape index (κ2) is 8.53. The van der Waals surface area contributed by atoms with Gasteiger partial charge in [-0.05, 0) is 19.8 Å². The number of aliphatic imine (C=N–C) groups is 1. The zero-order valence-electron chi connectivity index (χ0n) is 8.18. The van der Waals surface area contributed by atoms with Crippen LogP contribution in [0.4, 0.5) is 0 Å². The van der Waals surface area contributed by atoms with Crippen molar-refractivity contribution < 1.29 is 4.74 Å². The van der Waals surface area contributed by atoms with Crippen molar-refractivity contribution in [2.45, 2.75) is 33.1 Å². The maximum absolute atomic E-state index is 5.36. The van der Waals surface area contributed by atoms with Gasteiger partial charge in [0.05, 0.1) is 5.84 Å². The Labute approximate surface area is 75.0 Å². The molecule has 12 heavy (non-hydrogen) atoms. The van der Waals surface area contributed by atoms with Crippen LogP contribution < -0.4 is 5.73 Å². The zero-order chi connectivity index (χ0) is 9.23. The second-order valence-corrected chi connectivity index (χ2v) is 2.84. The molecule has 2 N–H and O–H groups in total. The summed E-state index contributed by atoms with van der Waals surface area (Å²) in [5.74, 6) is 0.656. The van der Waals surface area contributed by atoms with Gasteiger partial charge >= 0.3 is 0 Å². The molecule has 3 nitrogen and oxygen atoms in total. The van der Waals surface area contributed by atoms with Gasteiger partial charge < -0.3 is 10.5 Å². The summed E-state index contributed by atoms with van der Waals surface area (Å²) < 4.78 is 5.35. The summed E-state index contributed by atoms with van der Waals surface area (Å²) in [6.07, 6.45) is 3.32. The molecule has 3 heteroatoms. The maximum Gasteiger partial charge on any atom is 0.0905 e. The van der Waals surface area contributed by atoms with E-state index in [1.165, 1.54) is 6.42 Å². The van der Waals surface area contributed by atoms with E-state index in [-0.39, 0.29) is 0 Å². The number of rotatable bonds is 7. The van der Waals surface area contributed by atoms with Gasteiger partial charge in [0.25, 0.3) is 0 Å². The van der Waals surface area contributed by atoms with Crippen molar-refractivity contribution in [2.75, 3.05) is 19.8 Å². The van der Waals surface area contributed by atoms with Crippen molar-refractivity contribution in [3.63, 3.8) is 0 Å². The van der Waals surface area contributed by atoms with Gasteiger partial charge in [-0.2, -0.15) is 0 Å². The maximum atomic E-state index is 5.36. The molecule has 0 aromatic heterocycles. The van der Waals surface area contributed by atoms with E-state index in [4.69, 9.17) is 10.5 Å². The number of nitrogens with two attached hydrogens (primary N) is 1. The lowest BCUT2D eigenvalue weighted by Gasteiger charge is -2.00. The molecule has 0 spiro atoms. The molecule has 0 saturated heterocycles. The van der Waals surface area contributed by atoms with Crippen molar-refractivity contribution in [1.29, 1.82) is 0 Å². The van der Waals surface area contributed by atoms with Crippen LogP contribution in [0.2, 0.25) is 0 Å². The fraction of sp³-hybridized carbons (Fsp3) is 0.889. The van der Waals surface area contributed by atoms with Crippen LogP contribution in [0.5, 0.6) is 0 Å². The Kier molecular flexibility index (Phi) is 8.12. The number of nitrogens with zero attached hydrogens (tertiary/aromatic N) is 1. The smallest absolute Gasteiger partial charge is 0.0905 e. The molecule has 0 aromatic rings. The molecule has 0 saturated carbocycles. The van der Waals surface area contributed by atoms with Crippen LogP contribution in [0.3, 0.4) is 0 Å². The van der Waals surface area contributed by atoms with E-state index in [2.05, 4.69) is 11.9 Å². The van der Waals surface area contributed by atoms with Crippen LogP contribution in [0.15, 0.2) is 4.99 Å². The molecule has 72 valence electrons. The fourth-order valence-electron chi connectivity index (χ4n) is 0.770. The van der Waals surface area contributed by atoms with Crippen LogP contribution in [0, 0.1) is 0 Å². The summed E-state index contributed by atoms with van der Waals surface area (Å²) in [7, 11) is 0. The first-order valence-electron chi connectivity index (χ1n) is 4.61. The first-order valence-corrected chi connectivity index (χ1v) is 4.61. The normalized spacial score (nSPS) is 12.0. The third-order valence-corrected chi connectivity index (χ3v) is 1.45. The largest absolute Gasteiger partial charge is 0.388 e. The minimum absolute atomic E-state index is 0.656. The first-order chi connectivity index (χ1) is 5.77. The van der Waals surface area contributed by atoms with Crippen LogP contribution in [-0.2, 0) is 4.74 Å². The van der Waals surface area contributed by atoms with Gasteiger partial charge in [-0.25, -0.2) is 0 Å². The zero-order valence-corrected chi connectivity index (χ0v) is 8.18. The van der Waals surface area contributed by atoms with Crippen LogP contribution in [0.1, 0.15) is 33.1 Å². The first kappa shape index (κ1) is 11.4. The van der Waals surface area contributed by atoms with E-state index < -0.39 is 0 Å². The Bertz CT molecular complexity index is 120. The molecule has 0 aliphatic heterocycles. The number of hydrogen-bond donors (Lipinski definition) is 1. The number of ether oxygens (including phenoxy) is 1. The molecular formula is C9H20N2O. The van der Waals surface area contributed by atoms with Gasteiger partial charge in [-0.1, -0.05) is 13.3 Å². The third kappa shape index (κ3) is 9.43. The van der Waals surface area contributed by atoms with E-state index in [9.17, 15) is 0 Å². The molecule has 0 amide bonds. The molecule has 0 radical (unpaired) electrons. The molecule has 0 bridgehead atoms. The lowest BCUT2D eigenvalue weighted by molar-refractivity contribution is 0.130. The average Bonchev–Trinajstić information content (AvgIpc) is 2.02. The summed E-state index contributed by atoms with van der Waals surface area (Å²) in [5, 5.41) is 0. The minimum atomic E-state index is 0.656. The molecule has 0 rings (SSSR count). The summed E-state index contributed by atoms with van der Waals surface area (Å²) in [5.41, 5.74) is 5.36. The van der Waals surface area contributed by atoms with Crippen molar-refractivity contribution >= 4 is 5.84 Å². The topological polar surface area (TPSA) is 47.6 Å². The third-order valence-electron chi connectivity index (χ3n) is 1.45. The molecule has 0 heterocycles. The van der Waals surface area contributed by atoms with Crippen molar-refractivity contribution in [1.82, 2.24) is 0 Å². The lowest BCUT2D eigenvalue weighted by atomic mass is 10.4. The lowest BCUT2D eigenvalue weighted by Crippen LogP contribution is -2.07. The van der Waals surface area contributed by atoms with E-state index in [0.717, 1.165) is 32.6 Å². The molecule has 0 unspecified atom stereocenters. The van der Waals surface area contributed by atoms with Crippen molar-refractivity contribution in [3.05, 3.63) is 0 Å². The number of amidine groups is 1. The Hall–Kier alpha value is -0.570. The summed E-state index contributed by atoms with van der Waals surface area (Å²) in [4.78, 5) is 4.06. The number of hydrogen-bond acceptors (Lipinski definition) is 2. The van der Waals surface area contributed by atoms with E-state index in [1.54, 1.807) is 6.92 Å². The predicted molar refractivity (Wildman–Crippen MR) is 52.5 cm³/mol. The van der Waals surface area contributed by atoms with Gasteiger partial charge in [0.15, 0.2) is 0 Å². The Balaban J connectivity index is 2.96. The quantitative estimate of drug-likeness (QED) is 0.360. The highest BCUT2D eigenvalue weighted by atomic mass is 16.5. The Morgan fingerprint density at radius 3 is 2.58 bits per heavy atom. The van der Waals surface area contributed by atoms with Crippen molar-refractivity contribution in [3.8, 4) is 0 Å². The number of unbranched alkanes of at least 4 members (excludes halogenated alkanes) is 1. The molecule has 0 fully saturated rings. The van der Waals surface area contributed by atoms with Crippen LogP contribution in [-0.4, -0.2) is 25.6 Å². The van der Waals surface area contributed by atoms with Gasteiger partial charge in [-0.3, -0.25) is 4.99 Å². The Morgan fingerprint density at radius 1 is 1.33 bits per heavy atom. The highest BCUT2D eigenvalue weighted by Crippen LogP contribution is 1.90. The van der Waals surface area contributed by atoms with Gasteiger partial charge in [-0.15, -0.1) is 0 Å². The molecule has 0 atom stereocenters. The highest BCUT2D eigenvalue weighted by Gasteiger charge is 1.87. The highest BCUT2D eigenvalue weighted by molar-refractivity contribution is 5.77. The molecule has 0 aliphatic rings. The van der Waals surface area contributed by atoms with E-state index >= 15 is 0 Å². The average molecular weight is 172 g/mol. The molecular weight excluding hydrogens is 152 g/mol. The standard InChI is InChI=1S/C9H20N2O/c1-3-4-7-12-8-5-6-11-9(2)10/h3-8H2,1-2H3,(H2,10,11).